The maximum Gasteiger partial charge on any atom is 0.237 e. The summed E-state index contributed by atoms with van der Waals surface area (Å²) in [6, 6.07) is 15.1. The molecule has 1 heterocycles. The van der Waals surface area contributed by atoms with E-state index in [0.717, 1.165) is 21.3 Å². The number of piperidine rings is 1. The average Bonchev–Trinajstić information content (AvgIpc) is 2.60. The van der Waals surface area contributed by atoms with Crippen LogP contribution in [0.1, 0.15) is 29.9 Å². The first kappa shape index (κ1) is 16.7. The van der Waals surface area contributed by atoms with Gasteiger partial charge in [-0.15, -0.1) is 0 Å². The number of hydrogen-bond donors (Lipinski definition) is 0. The number of amides is 2. The van der Waals surface area contributed by atoms with Crippen LogP contribution < -0.4 is 4.74 Å². The molecule has 1 saturated heterocycles. The first-order valence-corrected chi connectivity index (χ1v) is 8.60. The third kappa shape index (κ3) is 3.51. The number of carbonyl (C=O) groups excluding carboxylic acids is 2. The van der Waals surface area contributed by atoms with Gasteiger partial charge in [-0.1, -0.05) is 40.2 Å². The molecular formula is C19H18BrNO3. The van der Waals surface area contributed by atoms with E-state index in [2.05, 4.69) is 15.9 Å². The van der Waals surface area contributed by atoms with Crippen molar-refractivity contribution < 1.29 is 14.3 Å². The van der Waals surface area contributed by atoms with Crippen LogP contribution in [0.2, 0.25) is 0 Å². The van der Waals surface area contributed by atoms with E-state index >= 15 is 0 Å². The molecule has 5 heteroatoms. The second kappa shape index (κ2) is 7.18. The minimum absolute atomic E-state index is 0.107. The molecule has 0 radical (unpaired) electrons. The Morgan fingerprint density at radius 3 is 2.38 bits per heavy atom. The Morgan fingerprint density at radius 1 is 1.08 bits per heavy atom. The summed E-state index contributed by atoms with van der Waals surface area (Å²) in [5, 5.41) is 0. The first-order valence-electron chi connectivity index (χ1n) is 7.81. The molecule has 0 N–H and O–H groups in total. The SMILES string of the molecule is COc1ccc(CN2C(=O)CCC(c3ccc(Br)cc3)C2=O)cc1. The molecule has 0 spiro atoms. The second-order valence-corrected chi connectivity index (χ2v) is 6.72. The molecule has 124 valence electrons. The van der Waals surface area contributed by atoms with Gasteiger partial charge in [0, 0.05) is 10.9 Å². The van der Waals surface area contributed by atoms with Gasteiger partial charge in [0.1, 0.15) is 5.75 Å². The zero-order valence-corrected chi connectivity index (χ0v) is 15.0. The Hall–Kier alpha value is -2.14. The zero-order chi connectivity index (χ0) is 17.1. The number of imide groups is 1. The molecular weight excluding hydrogens is 370 g/mol. The number of rotatable bonds is 4. The van der Waals surface area contributed by atoms with Crippen molar-refractivity contribution in [2.24, 2.45) is 0 Å². The fourth-order valence-corrected chi connectivity index (χ4v) is 3.19. The summed E-state index contributed by atoms with van der Waals surface area (Å²) in [6.07, 6.45) is 0.959. The molecule has 0 aromatic heterocycles. The number of benzene rings is 2. The standard InChI is InChI=1S/C19H18BrNO3/c1-24-16-8-2-13(3-9-16)12-21-18(22)11-10-17(19(21)23)14-4-6-15(20)7-5-14/h2-9,17H,10-12H2,1H3. The molecule has 2 aromatic carbocycles. The quantitative estimate of drug-likeness (QED) is 0.747. The number of nitrogens with zero attached hydrogens (tertiary/aromatic N) is 1. The number of carbonyl (C=O) groups is 2. The average molecular weight is 388 g/mol. The predicted octanol–water partition coefficient (Wildman–Crippen LogP) is 3.89. The van der Waals surface area contributed by atoms with Gasteiger partial charge in [-0.05, 0) is 41.8 Å². The predicted molar refractivity (Wildman–Crippen MR) is 94.7 cm³/mol. The summed E-state index contributed by atoms with van der Waals surface area (Å²) < 4.78 is 6.11. The van der Waals surface area contributed by atoms with Crippen LogP contribution in [0.25, 0.3) is 0 Å². The van der Waals surface area contributed by atoms with Crippen molar-refractivity contribution in [1.29, 1.82) is 0 Å². The largest absolute Gasteiger partial charge is 0.497 e. The van der Waals surface area contributed by atoms with E-state index in [1.165, 1.54) is 4.90 Å². The van der Waals surface area contributed by atoms with Crippen LogP contribution in [-0.2, 0) is 16.1 Å². The summed E-state index contributed by atoms with van der Waals surface area (Å²) >= 11 is 3.40. The molecule has 24 heavy (non-hydrogen) atoms. The van der Waals surface area contributed by atoms with Gasteiger partial charge < -0.3 is 4.74 Å². The third-order valence-electron chi connectivity index (χ3n) is 4.28. The molecule has 4 nitrogen and oxygen atoms in total. The first-order chi connectivity index (χ1) is 11.6. The molecule has 2 amide bonds. The molecule has 1 fully saturated rings. The lowest BCUT2D eigenvalue weighted by Crippen LogP contribution is -2.43. The number of ether oxygens (including phenoxy) is 1. The van der Waals surface area contributed by atoms with E-state index in [4.69, 9.17) is 4.74 Å². The van der Waals surface area contributed by atoms with Crippen molar-refractivity contribution in [3.63, 3.8) is 0 Å². The number of likely N-dealkylation sites (tertiary alicyclic amines) is 1. The highest BCUT2D eigenvalue weighted by molar-refractivity contribution is 9.10. The molecule has 1 atom stereocenters. The molecule has 0 bridgehead atoms. The minimum Gasteiger partial charge on any atom is -0.497 e. The fourth-order valence-electron chi connectivity index (χ4n) is 2.92. The van der Waals surface area contributed by atoms with Gasteiger partial charge in [-0.25, -0.2) is 0 Å². The lowest BCUT2D eigenvalue weighted by Gasteiger charge is -2.31. The van der Waals surface area contributed by atoms with Gasteiger partial charge in [0.25, 0.3) is 0 Å². The van der Waals surface area contributed by atoms with Gasteiger partial charge in [0.05, 0.1) is 19.6 Å². The lowest BCUT2D eigenvalue weighted by atomic mass is 9.89. The Morgan fingerprint density at radius 2 is 1.75 bits per heavy atom. The van der Waals surface area contributed by atoms with Crippen LogP contribution in [0.5, 0.6) is 5.75 Å². The minimum atomic E-state index is -0.256. The molecule has 1 aliphatic heterocycles. The Bertz CT molecular complexity index is 740. The van der Waals surface area contributed by atoms with Crippen LogP contribution in [0, 0.1) is 0 Å². The van der Waals surface area contributed by atoms with E-state index in [0.29, 0.717) is 19.4 Å². The molecule has 3 rings (SSSR count). The lowest BCUT2D eigenvalue weighted by molar-refractivity contribution is -0.150. The Balaban J connectivity index is 1.79. The second-order valence-electron chi connectivity index (χ2n) is 5.81. The van der Waals surface area contributed by atoms with Crippen molar-refractivity contribution >= 4 is 27.7 Å². The highest BCUT2D eigenvalue weighted by Crippen LogP contribution is 2.30. The van der Waals surface area contributed by atoms with Gasteiger partial charge in [0.2, 0.25) is 11.8 Å². The van der Waals surface area contributed by atoms with Crippen molar-refractivity contribution in [2.75, 3.05) is 7.11 Å². The summed E-state index contributed by atoms with van der Waals surface area (Å²) in [4.78, 5) is 26.4. The monoisotopic (exact) mass is 387 g/mol. The molecule has 2 aromatic rings. The van der Waals surface area contributed by atoms with Crippen molar-refractivity contribution in [3.8, 4) is 5.75 Å². The van der Waals surface area contributed by atoms with E-state index < -0.39 is 0 Å². The number of methoxy groups -OCH3 is 1. The van der Waals surface area contributed by atoms with Crippen molar-refractivity contribution in [3.05, 3.63) is 64.1 Å². The van der Waals surface area contributed by atoms with E-state index in [1.54, 1.807) is 7.11 Å². The highest BCUT2D eigenvalue weighted by Gasteiger charge is 2.35. The molecule has 1 aliphatic rings. The van der Waals surface area contributed by atoms with Crippen LogP contribution in [0.3, 0.4) is 0 Å². The summed E-state index contributed by atoms with van der Waals surface area (Å²) in [5.74, 6) is 0.269. The van der Waals surface area contributed by atoms with Gasteiger partial charge in [0.15, 0.2) is 0 Å². The van der Waals surface area contributed by atoms with E-state index in [-0.39, 0.29) is 17.7 Å². The number of halogens is 1. The maximum atomic E-state index is 12.8. The third-order valence-corrected chi connectivity index (χ3v) is 4.81. The van der Waals surface area contributed by atoms with Crippen LogP contribution in [-0.4, -0.2) is 23.8 Å². The summed E-state index contributed by atoms with van der Waals surface area (Å²) in [6.45, 7) is 0.300. The smallest absolute Gasteiger partial charge is 0.237 e. The van der Waals surface area contributed by atoms with E-state index in [9.17, 15) is 9.59 Å². The van der Waals surface area contributed by atoms with Gasteiger partial charge >= 0.3 is 0 Å². The normalized spacial score (nSPS) is 17.9. The van der Waals surface area contributed by atoms with Crippen molar-refractivity contribution in [2.45, 2.75) is 25.3 Å². The molecule has 1 unspecified atom stereocenters. The van der Waals surface area contributed by atoms with Crippen LogP contribution >= 0.6 is 15.9 Å². The van der Waals surface area contributed by atoms with Crippen LogP contribution in [0.15, 0.2) is 53.0 Å². The highest BCUT2D eigenvalue weighted by atomic mass is 79.9. The van der Waals surface area contributed by atoms with Gasteiger partial charge in [-0.3, -0.25) is 14.5 Å². The van der Waals surface area contributed by atoms with E-state index in [1.807, 2.05) is 48.5 Å². The topological polar surface area (TPSA) is 46.6 Å². The van der Waals surface area contributed by atoms with Crippen molar-refractivity contribution in [1.82, 2.24) is 4.90 Å². The summed E-state index contributed by atoms with van der Waals surface area (Å²) in [5.41, 5.74) is 1.87. The fraction of sp³-hybridized carbons (Fsp3) is 0.263. The summed E-state index contributed by atoms with van der Waals surface area (Å²) in [7, 11) is 1.61. The maximum absolute atomic E-state index is 12.8. The van der Waals surface area contributed by atoms with Crippen LogP contribution in [0.4, 0.5) is 0 Å². The Labute approximate surface area is 149 Å². The number of hydrogen-bond acceptors (Lipinski definition) is 3. The zero-order valence-electron chi connectivity index (χ0n) is 13.4. The molecule has 0 aliphatic carbocycles. The molecule has 0 saturated carbocycles. The Kier molecular flexibility index (Phi) is 5.00. The van der Waals surface area contributed by atoms with Gasteiger partial charge in [-0.2, -0.15) is 0 Å².